The summed E-state index contributed by atoms with van der Waals surface area (Å²) in [7, 11) is 0. The van der Waals surface area contributed by atoms with E-state index < -0.39 is 0 Å². The fraction of sp³-hybridized carbons (Fsp3) is 0.952. The maximum Gasteiger partial charge on any atom is 0.228 e. The highest BCUT2D eigenvalue weighted by atomic mass is 16.2. The maximum atomic E-state index is 13.6. The molecule has 0 aromatic rings. The number of carbonyl (C=O) groups is 1. The third kappa shape index (κ3) is 2.81. The summed E-state index contributed by atoms with van der Waals surface area (Å²) in [6.45, 7) is 14.7. The Bertz CT molecular complexity index is 502. The molecule has 1 aliphatic heterocycles. The number of amides is 1. The summed E-state index contributed by atoms with van der Waals surface area (Å²) in [5, 5.41) is 0. The van der Waals surface area contributed by atoms with Gasteiger partial charge in [0.25, 0.3) is 0 Å². The molecule has 0 spiro atoms. The third-order valence-corrected chi connectivity index (χ3v) is 7.36. The van der Waals surface area contributed by atoms with E-state index in [1.54, 1.807) is 0 Å². The zero-order valence-electron chi connectivity index (χ0n) is 16.2. The third-order valence-electron chi connectivity index (χ3n) is 7.36. The van der Waals surface area contributed by atoms with Crippen LogP contribution in [0.15, 0.2) is 0 Å². The lowest BCUT2D eigenvalue weighted by Gasteiger charge is -2.65. The average Bonchev–Trinajstić information content (AvgIpc) is 2.43. The van der Waals surface area contributed by atoms with Crippen LogP contribution in [0, 0.1) is 28.1 Å². The first-order chi connectivity index (χ1) is 11.2. The van der Waals surface area contributed by atoms with Gasteiger partial charge in [-0.1, -0.05) is 27.7 Å². The Hall–Kier alpha value is -0.570. The zero-order valence-corrected chi connectivity index (χ0v) is 16.2. The van der Waals surface area contributed by atoms with Gasteiger partial charge in [-0.05, 0) is 61.2 Å². The van der Waals surface area contributed by atoms with E-state index in [1.165, 1.54) is 32.2 Å². The van der Waals surface area contributed by atoms with Crippen molar-refractivity contribution in [1.29, 1.82) is 0 Å². The molecular weight excluding hydrogens is 296 g/mol. The van der Waals surface area contributed by atoms with Crippen LogP contribution in [-0.2, 0) is 4.79 Å². The molecule has 3 nitrogen and oxygen atoms in total. The predicted octanol–water partition coefficient (Wildman–Crippen LogP) is 3.78. The Morgan fingerprint density at radius 2 is 1.54 bits per heavy atom. The van der Waals surface area contributed by atoms with Crippen LogP contribution in [0.3, 0.4) is 0 Å². The van der Waals surface area contributed by atoms with Crippen LogP contribution < -0.4 is 0 Å². The molecule has 2 atom stereocenters. The molecule has 3 heteroatoms. The van der Waals surface area contributed by atoms with E-state index >= 15 is 0 Å². The Balaban J connectivity index is 1.47. The van der Waals surface area contributed by atoms with Gasteiger partial charge in [-0.3, -0.25) is 9.69 Å². The van der Waals surface area contributed by atoms with Crippen molar-refractivity contribution in [1.82, 2.24) is 9.80 Å². The van der Waals surface area contributed by atoms with Crippen molar-refractivity contribution < 1.29 is 4.79 Å². The minimum Gasteiger partial charge on any atom is -0.340 e. The number of piperazine rings is 1. The predicted molar refractivity (Wildman–Crippen MR) is 97.7 cm³/mol. The van der Waals surface area contributed by atoms with E-state index in [0.29, 0.717) is 16.7 Å². The monoisotopic (exact) mass is 332 g/mol. The van der Waals surface area contributed by atoms with Crippen LogP contribution in [0.1, 0.15) is 66.2 Å². The van der Waals surface area contributed by atoms with E-state index in [1.807, 2.05) is 0 Å². The Kier molecular flexibility index (Phi) is 3.84. The molecule has 5 fully saturated rings. The highest BCUT2D eigenvalue weighted by Crippen LogP contribution is 2.69. The van der Waals surface area contributed by atoms with Crippen LogP contribution in [0.25, 0.3) is 0 Å². The van der Waals surface area contributed by atoms with Gasteiger partial charge in [0, 0.05) is 32.7 Å². The van der Waals surface area contributed by atoms with Gasteiger partial charge in [-0.25, -0.2) is 0 Å². The lowest BCUT2D eigenvalue weighted by molar-refractivity contribution is -0.180. The summed E-state index contributed by atoms with van der Waals surface area (Å²) < 4.78 is 0. The van der Waals surface area contributed by atoms with Crippen LogP contribution in [-0.4, -0.2) is 48.4 Å². The normalized spacial score (nSPS) is 45.2. The molecule has 4 aliphatic carbocycles. The van der Waals surface area contributed by atoms with Gasteiger partial charge in [0.1, 0.15) is 0 Å². The summed E-state index contributed by atoms with van der Waals surface area (Å²) in [5.41, 5.74) is 0.857. The summed E-state index contributed by atoms with van der Waals surface area (Å²) in [4.78, 5) is 18.3. The highest BCUT2D eigenvalue weighted by molar-refractivity contribution is 5.83. The van der Waals surface area contributed by atoms with Crippen molar-refractivity contribution in [2.75, 3.05) is 32.7 Å². The number of hydrogen-bond acceptors (Lipinski definition) is 2. The molecule has 0 aromatic carbocycles. The van der Waals surface area contributed by atoms with Crippen molar-refractivity contribution in [3.05, 3.63) is 0 Å². The van der Waals surface area contributed by atoms with Crippen molar-refractivity contribution in [2.24, 2.45) is 28.1 Å². The van der Waals surface area contributed by atoms with Gasteiger partial charge >= 0.3 is 0 Å². The molecule has 5 rings (SSSR count). The van der Waals surface area contributed by atoms with E-state index in [-0.39, 0.29) is 5.41 Å². The van der Waals surface area contributed by atoms with Crippen LogP contribution in [0.5, 0.6) is 0 Å². The lowest BCUT2D eigenvalue weighted by atomic mass is 9.40. The fourth-order valence-corrected chi connectivity index (χ4v) is 7.67. The molecule has 4 bridgehead atoms. The molecular formula is C21H36N2O. The van der Waals surface area contributed by atoms with E-state index in [4.69, 9.17) is 0 Å². The van der Waals surface area contributed by atoms with Crippen LogP contribution in [0.2, 0.25) is 0 Å². The molecule has 4 saturated carbocycles. The first-order valence-electron chi connectivity index (χ1n) is 10.2. The van der Waals surface area contributed by atoms with E-state index in [0.717, 1.165) is 50.9 Å². The maximum absolute atomic E-state index is 13.6. The van der Waals surface area contributed by atoms with Gasteiger partial charge in [0.2, 0.25) is 5.91 Å². The second kappa shape index (κ2) is 5.46. The molecule has 1 amide bonds. The van der Waals surface area contributed by atoms with Crippen LogP contribution >= 0.6 is 0 Å². The largest absolute Gasteiger partial charge is 0.340 e. The smallest absolute Gasteiger partial charge is 0.228 e. The minimum atomic E-state index is -0.0108. The quantitative estimate of drug-likeness (QED) is 0.785. The highest BCUT2D eigenvalue weighted by Gasteiger charge is 2.63. The summed E-state index contributed by atoms with van der Waals surface area (Å²) in [6.07, 6.45) is 7.62. The number of hydrogen-bond donors (Lipinski definition) is 0. The molecule has 24 heavy (non-hydrogen) atoms. The molecule has 136 valence electrons. The molecule has 1 heterocycles. The van der Waals surface area contributed by atoms with Crippen molar-refractivity contribution in [3.8, 4) is 0 Å². The fourth-order valence-electron chi connectivity index (χ4n) is 7.67. The van der Waals surface area contributed by atoms with Gasteiger partial charge in [-0.15, -0.1) is 0 Å². The molecule has 0 aromatic heterocycles. The van der Waals surface area contributed by atoms with Gasteiger partial charge < -0.3 is 4.90 Å². The molecule has 0 radical (unpaired) electrons. The van der Waals surface area contributed by atoms with Crippen molar-refractivity contribution in [3.63, 3.8) is 0 Å². The number of carbonyl (C=O) groups excluding carboxylic acids is 1. The number of nitrogens with zero attached hydrogens (tertiary/aromatic N) is 2. The summed E-state index contributed by atoms with van der Waals surface area (Å²) in [6, 6.07) is 0. The zero-order chi connectivity index (χ0) is 17.2. The van der Waals surface area contributed by atoms with Crippen LogP contribution in [0.4, 0.5) is 0 Å². The average molecular weight is 333 g/mol. The minimum absolute atomic E-state index is 0.0108. The Morgan fingerprint density at radius 3 is 2.04 bits per heavy atom. The summed E-state index contributed by atoms with van der Waals surface area (Å²) in [5.74, 6) is 2.05. The number of rotatable bonds is 3. The SMILES string of the molecule is CC(C)CN1CCN(C(=O)C23CC4CC(C)(CC(C)(C4)C2)C3)CC1. The molecule has 1 saturated heterocycles. The first kappa shape index (κ1) is 16.9. The second-order valence-electron chi connectivity index (χ2n) is 10.9. The standard InChI is InChI=1S/C21H36N2O/c1-16(2)12-22-5-7-23(8-6-22)18(24)21-11-17-9-19(3,14-21)13-20(4,10-17)15-21/h16-17H,5-15H2,1-4H3. The van der Waals surface area contributed by atoms with Crippen molar-refractivity contribution >= 4 is 5.91 Å². The second-order valence-corrected chi connectivity index (χ2v) is 10.9. The molecule has 5 aliphatic rings. The van der Waals surface area contributed by atoms with Crippen molar-refractivity contribution in [2.45, 2.75) is 66.2 Å². The topological polar surface area (TPSA) is 23.6 Å². The molecule has 2 unspecified atom stereocenters. The summed E-state index contributed by atoms with van der Waals surface area (Å²) >= 11 is 0. The van der Waals surface area contributed by atoms with E-state index in [9.17, 15) is 4.79 Å². The molecule has 0 N–H and O–H groups in total. The van der Waals surface area contributed by atoms with Gasteiger partial charge in [0.15, 0.2) is 0 Å². The Morgan fingerprint density at radius 1 is 0.958 bits per heavy atom. The van der Waals surface area contributed by atoms with Gasteiger partial charge in [-0.2, -0.15) is 0 Å². The van der Waals surface area contributed by atoms with Gasteiger partial charge in [0.05, 0.1) is 5.41 Å². The van der Waals surface area contributed by atoms with E-state index in [2.05, 4.69) is 37.5 Å². The first-order valence-corrected chi connectivity index (χ1v) is 10.2. The Labute approximate surface area is 148 Å². The lowest BCUT2D eigenvalue weighted by Crippen LogP contribution is -2.62.